The van der Waals surface area contributed by atoms with Crippen LogP contribution in [-0.2, 0) is 16.9 Å². The highest BCUT2D eigenvalue weighted by atomic mass is 32.1. The van der Waals surface area contributed by atoms with Crippen LogP contribution >= 0.6 is 11.3 Å². The van der Waals surface area contributed by atoms with E-state index in [0.29, 0.717) is 10.4 Å². The summed E-state index contributed by atoms with van der Waals surface area (Å²) in [6, 6.07) is 3.46. The van der Waals surface area contributed by atoms with Crippen molar-refractivity contribution in [2.75, 3.05) is 7.11 Å². The molecule has 1 unspecified atom stereocenters. The van der Waals surface area contributed by atoms with Crippen LogP contribution in [0.1, 0.15) is 49.8 Å². The lowest BCUT2D eigenvalue weighted by Crippen LogP contribution is -2.56. The number of hydrogen-bond acceptors (Lipinski definition) is 6. The first kappa shape index (κ1) is 26.2. The molecule has 0 saturated carbocycles. The van der Waals surface area contributed by atoms with E-state index in [2.05, 4.69) is 11.2 Å². The summed E-state index contributed by atoms with van der Waals surface area (Å²) in [5, 5.41) is 13.9. The second-order valence-electron chi connectivity index (χ2n) is 9.00. The molecule has 8 nitrogen and oxygen atoms in total. The minimum atomic E-state index is -1.56. The van der Waals surface area contributed by atoms with Crippen molar-refractivity contribution in [3.05, 3.63) is 60.9 Å². The number of nitrogens with one attached hydrogen (secondary N) is 1. The fourth-order valence-corrected chi connectivity index (χ4v) is 5.03. The number of fused-ring (bicyclic) bond motifs is 1. The molecular formula is C25H28FN3O5S. The molecule has 2 heterocycles. The molecule has 0 aliphatic heterocycles. The van der Waals surface area contributed by atoms with Crippen molar-refractivity contribution in [1.82, 2.24) is 14.5 Å². The first-order valence-electron chi connectivity index (χ1n) is 10.9. The number of amides is 1. The monoisotopic (exact) mass is 501 g/mol. The molecule has 1 amide bonds. The van der Waals surface area contributed by atoms with E-state index >= 15 is 0 Å². The number of carbonyl (C=O) groups excluding carboxylic acids is 1. The Morgan fingerprint density at radius 1 is 1.34 bits per heavy atom. The molecule has 1 aromatic carbocycles. The lowest BCUT2D eigenvalue weighted by Gasteiger charge is -2.28. The number of carbonyl (C=O) groups is 1. The minimum absolute atomic E-state index is 0.132. The number of thiophene rings is 1. The van der Waals surface area contributed by atoms with Gasteiger partial charge in [-0.15, -0.1) is 17.8 Å². The first-order valence-corrected chi connectivity index (χ1v) is 11.7. The molecule has 0 aliphatic rings. The van der Waals surface area contributed by atoms with E-state index in [1.54, 1.807) is 20.8 Å². The van der Waals surface area contributed by atoms with Gasteiger partial charge in [-0.1, -0.05) is 5.92 Å². The Hall–Kier alpha value is -3.42. The maximum atomic E-state index is 13.9. The van der Waals surface area contributed by atoms with Crippen molar-refractivity contribution in [3.8, 4) is 18.1 Å². The third kappa shape index (κ3) is 4.61. The zero-order valence-electron chi connectivity index (χ0n) is 20.4. The molecule has 2 N–H and O–H groups in total. The molecule has 10 heteroatoms. The summed E-state index contributed by atoms with van der Waals surface area (Å²) >= 11 is 1.06. The number of hydrogen-bond donors (Lipinski definition) is 2. The number of aliphatic hydroxyl groups is 1. The van der Waals surface area contributed by atoms with Crippen molar-refractivity contribution in [3.63, 3.8) is 0 Å². The van der Waals surface area contributed by atoms with E-state index < -0.39 is 34.6 Å². The van der Waals surface area contributed by atoms with E-state index in [0.717, 1.165) is 22.0 Å². The van der Waals surface area contributed by atoms with Crippen molar-refractivity contribution in [1.29, 1.82) is 0 Å². The van der Waals surface area contributed by atoms with Crippen molar-refractivity contribution in [2.24, 2.45) is 0 Å². The van der Waals surface area contributed by atoms with E-state index in [9.17, 15) is 23.9 Å². The first-order chi connectivity index (χ1) is 16.3. The second kappa shape index (κ2) is 9.68. The smallest absolute Gasteiger partial charge is 0.333 e. The number of terminal acetylenes is 1. The van der Waals surface area contributed by atoms with Gasteiger partial charge in [-0.2, -0.15) is 0 Å². The Bertz CT molecular complexity index is 1460. The lowest BCUT2D eigenvalue weighted by atomic mass is 10.0. The van der Waals surface area contributed by atoms with Crippen molar-refractivity contribution >= 4 is 27.5 Å². The fraction of sp³-hybridized carbons (Fsp3) is 0.400. The van der Waals surface area contributed by atoms with Crippen LogP contribution in [0.3, 0.4) is 0 Å². The standard InChI is InChI=1S/C25H28FN3O5S/c1-8-19-14(4)20-21(31)29(25(5,6)23(32)27-13(2)3)24(33)28(22(20)35-19)12-17(30)16-11-15(26)9-10-18(16)34-7/h1,9-11,13,17,30H,12H2,2-7H3,(H,27,32). The number of methoxy groups -OCH3 is 1. The molecule has 1 atom stereocenters. The molecule has 0 radical (unpaired) electrons. The average Bonchev–Trinajstić information content (AvgIpc) is 3.12. The number of aliphatic hydroxyl groups excluding tert-OH is 1. The quantitative estimate of drug-likeness (QED) is 0.485. The van der Waals surface area contributed by atoms with E-state index in [-0.39, 0.29) is 34.1 Å². The third-order valence-electron chi connectivity index (χ3n) is 5.78. The van der Waals surface area contributed by atoms with Crippen molar-refractivity contribution in [2.45, 2.75) is 58.8 Å². The largest absolute Gasteiger partial charge is 0.496 e. The van der Waals surface area contributed by atoms with Gasteiger partial charge < -0.3 is 15.2 Å². The van der Waals surface area contributed by atoms with Gasteiger partial charge in [0.25, 0.3) is 5.56 Å². The molecule has 0 spiro atoms. The van der Waals surface area contributed by atoms with Gasteiger partial charge >= 0.3 is 5.69 Å². The Balaban J connectivity index is 2.32. The predicted molar refractivity (Wildman–Crippen MR) is 134 cm³/mol. The van der Waals surface area contributed by atoms with E-state index in [1.165, 1.54) is 37.7 Å². The topological polar surface area (TPSA) is 103 Å². The molecule has 0 fully saturated rings. The lowest BCUT2D eigenvalue weighted by molar-refractivity contribution is -0.129. The van der Waals surface area contributed by atoms with Crippen LogP contribution in [0.2, 0.25) is 0 Å². The summed E-state index contributed by atoms with van der Waals surface area (Å²) in [5.41, 5.74) is -2.38. The SMILES string of the molecule is C#Cc1sc2c(c1C)c(=O)n(C(C)(C)C(=O)NC(C)C)c(=O)n2CC(O)c1cc(F)ccc1OC. The summed E-state index contributed by atoms with van der Waals surface area (Å²) in [7, 11) is 1.38. The maximum Gasteiger partial charge on any atom is 0.333 e. The number of rotatable bonds is 7. The predicted octanol–water partition coefficient (Wildman–Crippen LogP) is 2.66. The highest BCUT2D eigenvalue weighted by molar-refractivity contribution is 7.19. The van der Waals surface area contributed by atoms with Gasteiger partial charge in [0.05, 0.1) is 23.9 Å². The number of aryl methyl sites for hydroxylation is 1. The number of nitrogens with zero attached hydrogens (tertiary/aromatic N) is 2. The van der Waals surface area contributed by atoms with E-state index in [1.807, 2.05) is 0 Å². The van der Waals surface area contributed by atoms with Gasteiger partial charge in [0.1, 0.15) is 28.0 Å². The van der Waals surface area contributed by atoms with Crippen LogP contribution in [0, 0.1) is 25.1 Å². The number of halogens is 1. The summed E-state index contributed by atoms with van der Waals surface area (Å²) in [6.07, 6.45) is 4.25. The summed E-state index contributed by atoms with van der Waals surface area (Å²) in [4.78, 5) is 41.0. The Kier molecular flexibility index (Phi) is 7.24. The highest BCUT2D eigenvalue weighted by Crippen LogP contribution is 2.31. The Morgan fingerprint density at radius 2 is 2.00 bits per heavy atom. The van der Waals surface area contributed by atoms with Crippen molar-refractivity contribution < 1.29 is 19.0 Å². The molecular weight excluding hydrogens is 473 g/mol. The molecule has 35 heavy (non-hydrogen) atoms. The van der Waals surface area contributed by atoms with E-state index in [4.69, 9.17) is 11.2 Å². The van der Waals surface area contributed by atoms with Crippen LogP contribution in [0.4, 0.5) is 4.39 Å². The summed E-state index contributed by atoms with van der Waals surface area (Å²) < 4.78 is 21.3. The maximum absolute atomic E-state index is 13.9. The average molecular weight is 502 g/mol. The van der Waals surface area contributed by atoms with Crippen LogP contribution in [0.15, 0.2) is 27.8 Å². The van der Waals surface area contributed by atoms with Crippen LogP contribution < -0.4 is 21.3 Å². The third-order valence-corrected chi connectivity index (χ3v) is 7.03. The highest BCUT2D eigenvalue weighted by Gasteiger charge is 2.36. The van der Waals surface area contributed by atoms with Gasteiger partial charge in [-0.25, -0.2) is 13.8 Å². The molecule has 186 valence electrons. The summed E-state index contributed by atoms with van der Waals surface area (Å²) in [6.45, 7) is 7.81. The number of benzene rings is 1. The zero-order valence-corrected chi connectivity index (χ0v) is 21.2. The Labute approximate surface area is 206 Å². The van der Waals surface area contributed by atoms with Gasteiger partial charge in [0.15, 0.2) is 0 Å². The molecule has 3 aromatic rings. The van der Waals surface area contributed by atoms with Crippen LogP contribution in [-0.4, -0.2) is 33.3 Å². The number of ether oxygens (including phenoxy) is 1. The molecule has 3 rings (SSSR count). The zero-order chi connectivity index (χ0) is 26.2. The molecule has 0 bridgehead atoms. The molecule has 0 aliphatic carbocycles. The van der Waals surface area contributed by atoms with Gasteiger partial charge in [-0.3, -0.25) is 14.2 Å². The van der Waals surface area contributed by atoms with Gasteiger partial charge in [0.2, 0.25) is 5.91 Å². The second-order valence-corrected chi connectivity index (χ2v) is 10.0. The number of aromatic nitrogens is 2. The fourth-order valence-electron chi connectivity index (χ4n) is 3.92. The van der Waals surface area contributed by atoms with Gasteiger partial charge in [-0.05, 0) is 58.4 Å². The minimum Gasteiger partial charge on any atom is -0.496 e. The van der Waals surface area contributed by atoms with Gasteiger partial charge in [0, 0.05) is 11.6 Å². The Morgan fingerprint density at radius 3 is 2.57 bits per heavy atom. The molecule has 2 aromatic heterocycles. The van der Waals surface area contributed by atoms with Crippen LogP contribution in [0.25, 0.3) is 10.2 Å². The summed E-state index contributed by atoms with van der Waals surface area (Å²) in [5.74, 6) is 1.65. The molecule has 0 saturated heterocycles. The van der Waals surface area contributed by atoms with Crippen LogP contribution in [0.5, 0.6) is 5.75 Å². The normalized spacial score (nSPS) is 12.6.